The second kappa shape index (κ2) is 7.46. The lowest BCUT2D eigenvalue weighted by atomic mass is 10.0. The SMILES string of the molecule is CC(C)C(C(=O)O)=C(Cl)n1cnc(-c2cc(C(F)(F)F)cc(C(F)(F)F)c2)n1. The van der Waals surface area contributed by atoms with Crippen LogP contribution in [0.1, 0.15) is 25.0 Å². The molecule has 0 unspecified atom stereocenters. The van der Waals surface area contributed by atoms with Crippen molar-refractivity contribution in [3.63, 3.8) is 0 Å². The Bertz CT molecular complexity index is 899. The summed E-state index contributed by atoms with van der Waals surface area (Å²) < 4.78 is 78.5. The highest BCUT2D eigenvalue weighted by molar-refractivity contribution is 6.47. The summed E-state index contributed by atoms with van der Waals surface area (Å²) in [5, 5.41) is 12.5. The third-order valence-electron chi connectivity index (χ3n) is 3.57. The number of hydrogen-bond donors (Lipinski definition) is 1. The van der Waals surface area contributed by atoms with E-state index in [0.717, 1.165) is 11.0 Å². The lowest BCUT2D eigenvalue weighted by Crippen LogP contribution is -2.12. The minimum atomic E-state index is -5.02. The Labute approximate surface area is 159 Å². The van der Waals surface area contributed by atoms with Crippen LogP contribution in [0.5, 0.6) is 0 Å². The standard InChI is InChI=1S/C16H12ClF6N3O2/c1-7(2)11(14(27)28)12(17)26-6-24-13(25-26)8-3-9(15(18,19)20)5-10(4-8)16(21,22)23/h3-7H,1-2H3,(H,27,28). The normalized spacial score (nSPS) is 13.6. The van der Waals surface area contributed by atoms with Crippen LogP contribution in [0.3, 0.4) is 0 Å². The molecule has 0 atom stereocenters. The predicted octanol–water partition coefficient (Wildman–Crippen LogP) is 5.13. The molecule has 0 saturated heterocycles. The highest BCUT2D eigenvalue weighted by atomic mass is 35.5. The summed E-state index contributed by atoms with van der Waals surface area (Å²) in [6.07, 6.45) is -9.15. The van der Waals surface area contributed by atoms with Crippen molar-refractivity contribution in [3.8, 4) is 11.4 Å². The van der Waals surface area contributed by atoms with Crippen molar-refractivity contribution in [3.05, 3.63) is 41.2 Å². The molecule has 12 heteroatoms. The van der Waals surface area contributed by atoms with E-state index in [0.29, 0.717) is 12.1 Å². The third-order valence-corrected chi connectivity index (χ3v) is 3.95. The van der Waals surface area contributed by atoms with Gasteiger partial charge in [0.1, 0.15) is 11.5 Å². The molecule has 0 aliphatic rings. The van der Waals surface area contributed by atoms with E-state index in [9.17, 15) is 36.2 Å². The van der Waals surface area contributed by atoms with Crippen LogP contribution in [0.2, 0.25) is 0 Å². The number of aliphatic carboxylic acids is 1. The minimum Gasteiger partial charge on any atom is -0.478 e. The van der Waals surface area contributed by atoms with Crippen LogP contribution in [-0.2, 0) is 17.1 Å². The number of nitrogens with zero attached hydrogens (tertiary/aromatic N) is 3. The van der Waals surface area contributed by atoms with E-state index in [1.807, 2.05) is 0 Å². The van der Waals surface area contributed by atoms with Gasteiger partial charge in [0.25, 0.3) is 0 Å². The van der Waals surface area contributed by atoms with E-state index in [2.05, 4.69) is 10.1 Å². The van der Waals surface area contributed by atoms with Gasteiger partial charge in [0.05, 0.1) is 16.7 Å². The smallest absolute Gasteiger partial charge is 0.416 e. The van der Waals surface area contributed by atoms with Gasteiger partial charge in [-0.05, 0) is 24.1 Å². The summed E-state index contributed by atoms with van der Waals surface area (Å²) in [4.78, 5) is 14.9. The van der Waals surface area contributed by atoms with Crippen LogP contribution in [0, 0.1) is 5.92 Å². The van der Waals surface area contributed by atoms with Gasteiger partial charge in [-0.15, -0.1) is 5.10 Å². The molecule has 2 aromatic rings. The summed E-state index contributed by atoms with van der Waals surface area (Å²) in [6, 6.07) is 0.912. The molecule has 0 saturated carbocycles. The number of carboxylic acids is 1. The fraction of sp³-hybridized carbons (Fsp3) is 0.312. The molecule has 0 bridgehead atoms. The maximum Gasteiger partial charge on any atom is 0.416 e. The van der Waals surface area contributed by atoms with E-state index in [1.54, 1.807) is 0 Å². The van der Waals surface area contributed by atoms with Gasteiger partial charge >= 0.3 is 18.3 Å². The Hall–Kier alpha value is -2.56. The average Bonchev–Trinajstić information content (AvgIpc) is 3.02. The largest absolute Gasteiger partial charge is 0.478 e. The average molecular weight is 428 g/mol. The second-order valence-corrected chi connectivity index (χ2v) is 6.33. The maximum absolute atomic E-state index is 13.0. The predicted molar refractivity (Wildman–Crippen MR) is 87.0 cm³/mol. The molecular weight excluding hydrogens is 416 g/mol. The van der Waals surface area contributed by atoms with E-state index < -0.39 is 46.8 Å². The molecule has 0 amide bonds. The van der Waals surface area contributed by atoms with Gasteiger partial charge in [0.15, 0.2) is 5.82 Å². The van der Waals surface area contributed by atoms with Crippen molar-refractivity contribution in [2.75, 3.05) is 0 Å². The van der Waals surface area contributed by atoms with Crippen LogP contribution in [0.4, 0.5) is 26.3 Å². The highest BCUT2D eigenvalue weighted by Crippen LogP contribution is 2.38. The van der Waals surface area contributed by atoms with Gasteiger partial charge in [0.2, 0.25) is 0 Å². The fourth-order valence-corrected chi connectivity index (χ4v) is 2.65. The molecular formula is C16H12ClF6N3O2. The number of halogens is 7. The Kier molecular flexibility index (Phi) is 5.79. The molecule has 0 aliphatic carbocycles. The number of carboxylic acid groups (broad SMARTS) is 1. The third kappa shape index (κ3) is 4.64. The summed E-state index contributed by atoms with van der Waals surface area (Å²) in [7, 11) is 0. The van der Waals surface area contributed by atoms with Crippen molar-refractivity contribution < 1.29 is 36.2 Å². The first kappa shape index (κ1) is 21.7. The van der Waals surface area contributed by atoms with Gasteiger partial charge in [0, 0.05) is 5.56 Å². The lowest BCUT2D eigenvalue weighted by Gasteiger charge is -2.13. The molecule has 0 radical (unpaired) electrons. The van der Waals surface area contributed by atoms with Crippen molar-refractivity contribution in [2.45, 2.75) is 26.2 Å². The number of rotatable bonds is 4. The van der Waals surface area contributed by atoms with Crippen LogP contribution in [-0.4, -0.2) is 25.8 Å². The number of alkyl halides is 6. The van der Waals surface area contributed by atoms with Gasteiger partial charge in [-0.1, -0.05) is 25.4 Å². The molecule has 1 aromatic carbocycles. The molecule has 5 nitrogen and oxygen atoms in total. The molecule has 0 spiro atoms. The Morgan fingerprint density at radius 1 is 1.07 bits per heavy atom. The van der Waals surface area contributed by atoms with Crippen molar-refractivity contribution in [1.82, 2.24) is 14.8 Å². The van der Waals surface area contributed by atoms with Gasteiger partial charge < -0.3 is 5.11 Å². The fourth-order valence-electron chi connectivity index (χ4n) is 2.27. The Balaban J connectivity index is 2.62. The van der Waals surface area contributed by atoms with Crippen LogP contribution < -0.4 is 0 Å². The topological polar surface area (TPSA) is 68.0 Å². The zero-order valence-electron chi connectivity index (χ0n) is 14.2. The molecule has 1 N–H and O–H groups in total. The molecule has 0 fully saturated rings. The molecule has 0 aliphatic heterocycles. The summed E-state index contributed by atoms with van der Waals surface area (Å²) in [6.45, 7) is 3.07. The Morgan fingerprint density at radius 3 is 1.96 bits per heavy atom. The van der Waals surface area contributed by atoms with E-state index in [-0.39, 0.29) is 16.8 Å². The van der Waals surface area contributed by atoms with E-state index in [4.69, 9.17) is 11.6 Å². The van der Waals surface area contributed by atoms with Gasteiger partial charge in [-0.3, -0.25) is 0 Å². The molecule has 152 valence electrons. The molecule has 2 rings (SSSR count). The maximum atomic E-state index is 13.0. The van der Waals surface area contributed by atoms with E-state index in [1.165, 1.54) is 13.8 Å². The summed E-state index contributed by atoms with van der Waals surface area (Å²) in [5.74, 6) is -2.37. The quantitative estimate of drug-likeness (QED) is 0.542. The first-order chi connectivity index (χ1) is 12.7. The number of aromatic nitrogens is 3. The zero-order valence-corrected chi connectivity index (χ0v) is 15.0. The molecule has 28 heavy (non-hydrogen) atoms. The summed E-state index contributed by atoms with van der Waals surface area (Å²) >= 11 is 5.97. The van der Waals surface area contributed by atoms with Gasteiger partial charge in [-0.2, -0.15) is 26.3 Å². The van der Waals surface area contributed by atoms with Crippen LogP contribution in [0.15, 0.2) is 30.1 Å². The van der Waals surface area contributed by atoms with Crippen molar-refractivity contribution in [1.29, 1.82) is 0 Å². The molecule has 1 aromatic heterocycles. The number of benzene rings is 1. The van der Waals surface area contributed by atoms with E-state index >= 15 is 0 Å². The minimum absolute atomic E-state index is 0.0192. The zero-order chi connectivity index (χ0) is 21.4. The first-order valence-electron chi connectivity index (χ1n) is 7.56. The summed E-state index contributed by atoms with van der Waals surface area (Å²) in [5.41, 5.74) is -3.85. The van der Waals surface area contributed by atoms with Crippen molar-refractivity contribution >= 4 is 22.7 Å². The lowest BCUT2D eigenvalue weighted by molar-refractivity contribution is -0.143. The van der Waals surface area contributed by atoms with Crippen LogP contribution >= 0.6 is 11.6 Å². The second-order valence-electron chi connectivity index (χ2n) is 5.97. The van der Waals surface area contributed by atoms with Crippen LogP contribution in [0.25, 0.3) is 16.5 Å². The van der Waals surface area contributed by atoms with Crippen molar-refractivity contribution in [2.24, 2.45) is 5.92 Å². The first-order valence-corrected chi connectivity index (χ1v) is 7.94. The number of hydrogen-bond acceptors (Lipinski definition) is 3. The monoisotopic (exact) mass is 427 g/mol. The number of carbonyl (C=O) groups is 1. The van der Waals surface area contributed by atoms with Gasteiger partial charge in [-0.25, -0.2) is 14.5 Å². The molecule has 1 heterocycles. The Morgan fingerprint density at radius 2 is 1.57 bits per heavy atom. The highest BCUT2D eigenvalue weighted by Gasteiger charge is 2.37.